The number of fused-ring (bicyclic) bond motifs is 4. The van der Waals surface area contributed by atoms with E-state index in [0.717, 1.165) is 12.8 Å². The van der Waals surface area contributed by atoms with Crippen LogP contribution in [0.1, 0.15) is 85.0 Å². The first-order chi connectivity index (χ1) is 12.8. The van der Waals surface area contributed by atoms with E-state index in [0.29, 0.717) is 36.0 Å². The van der Waals surface area contributed by atoms with Gasteiger partial charge in [0.1, 0.15) is 5.60 Å². The fourth-order valence-corrected chi connectivity index (χ4v) is 8.49. The van der Waals surface area contributed by atoms with E-state index in [9.17, 15) is 9.90 Å². The molecule has 0 unspecified atom stereocenters. The fourth-order valence-electron chi connectivity index (χ4n) is 8.49. The summed E-state index contributed by atoms with van der Waals surface area (Å²) < 4.78 is 0. The Hall–Kier alpha value is -0.630. The maximum Gasteiger partial charge on any atom is 0.168 e. The van der Waals surface area contributed by atoms with Crippen molar-refractivity contribution in [2.45, 2.75) is 90.6 Å². The van der Waals surface area contributed by atoms with Gasteiger partial charge in [0.25, 0.3) is 0 Å². The molecule has 150 valence electrons. The molecule has 4 fully saturated rings. The molecule has 0 radical (unpaired) electrons. The van der Waals surface area contributed by atoms with Crippen LogP contribution >= 0.6 is 0 Å². The minimum atomic E-state index is -1.09. The zero-order chi connectivity index (χ0) is 19.0. The number of carbonyl (C=O) groups excluding carboxylic acids is 1. The van der Waals surface area contributed by atoms with Crippen molar-refractivity contribution in [3.05, 3.63) is 12.2 Å². The number of ketones is 1. The maximum atomic E-state index is 14.2. The second kappa shape index (κ2) is 5.94. The first kappa shape index (κ1) is 18.4. The molecule has 6 rings (SSSR count). The molecule has 4 bridgehead atoms. The number of Topliss-reactive ketones (excluding diaryl/α,β-unsaturated/α-hetero) is 1. The van der Waals surface area contributed by atoms with E-state index >= 15 is 0 Å². The molecular weight excluding hydrogens is 332 g/mol. The first-order valence-electron chi connectivity index (χ1n) is 11.7. The third-order valence-electron chi connectivity index (χ3n) is 10.6. The maximum absolute atomic E-state index is 14.2. The third-order valence-corrected chi connectivity index (χ3v) is 10.6. The Bertz CT molecular complexity index is 657. The smallest absolute Gasteiger partial charge is 0.168 e. The lowest BCUT2D eigenvalue weighted by molar-refractivity contribution is -0.167. The highest BCUT2D eigenvalue weighted by Gasteiger charge is 2.72. The second-order valence-electron chi connectivity index (χ2n) is 11.5. The van der Waals surface area contributed by atoms with Crippen LogP contribution < -0.4 is 0 Å². The lowest BCUT2D eigenvalue weighted by Gasteiger charge is -2.53. The van der Waals surface area contributed by atoms with Crippen molar-refractivity contribution in [3.63, 3.8) is 0 Å². The van der Waals surface area contributed by atoms with Gasteiger partial charge in [-0.1, -0.05) is 65.0 Å². The van der Waals surface area contributed by atoms with Crippen molar-refractivity contribution in [1.82, 2.24) is 0 Å². The van der Waals surface area contributed by atoms with Crippen LogP contribution in [-0.4, -0.2) is 16.5 Å². The van der Waals surface area contributed by atoms with Crippen LogP contribution in [0.4, 0.5) is 0 Å². The van der Waals surface area contributed by atoms with Crippen molar-refractivity contribution < 1.29 is 9.90 Å². The Morgan fingerprint density at radius 3 is 2.15 bits per heavy atom. The first-order valence-corrected chi connectivity index (χ1v) is 11.7. The van der Waals surface area contributed by atoms with E-state index < -0.39 is 5.60 Å². The lowest BCUT2D eigenvalue weighted by atomic mass is 9.52. The summed E-state index contributed by atoms with van der Waals surface area (Å²) in [7, 11) is 0. The number of hydrogen-bond acceptors (Lipinski definition) is 2. The summed E-state index contributed by atoms with van der Waals surface area (Å²) in [4.78, 5) is 14.2. The molecule has 0 aromatic rings. The van der Waals surface area contributed by atoms with Crippen LogP contribution in [0.3, 0.4) is 0 Å². The van der Waals surface area contributed by atoms with Gasteiger partial charge in [-0.3, -0.25) is 4.79 Å². The second-order valence-corrected chi connectivity index (χ2v) is 11.5. The van der Waals surface area contributed by atoms with Gasteiger partial charge >= 0.3 is 0 Å². The van der Waals surface area contributed by atoms with Crippen molar-refractivity contribution in [2.75, 3.05) is 0 Å². The Balaban J connectivity index is 1.51. The van der Waals surface area contributed by atoms with Gasteiger partial charge in [-0.2, -0.15) is 0 Å². The molecule has 2 heteroatoms. The summed E-state index contributed by atoms with van der Waals surface area (Å²) in [6.45, 7) is 6.84. The summed E-state index contributed by atoms with van der Waals surface area (Å²) in [5.74, 6) is 2.98. The highest BCUT2D eigenvalue weighted by molar-refractivity contribution is 5.92. The molecule has 6 aliphatic carbocycles. The normalized spacial score (nSPS) is 51.0. The van der Waals surface area contributed by atoms with E-state index in [1.165, 1.54) is 44.9 Å². The molecule has 0 aliphatic heterocycles. The SMILES string of the molecule is CC1(C)[C@@H]2CC[C@@]1(C)[C@@](O)(C(=O)[C@@H]1[C@@H](C3CCCCC3)[C@@H]3C=C[C@H]1CC3)C2. The van der Waals surface area contributed by atoms with Crippen LogP contribution in [0, 0.1) is 46.3 Å². The summed E-state index contributed by atoms with van der Waals surface area (Å²) >= 11 is 0. The predicted molar refractivity (Wildman–Crippen MR) is 108 cm³/mol. The van der Waals surface area contributed by atoms with Gasteiger partial charge in [-0.25, -0.2) is 0 Å². The van der Waals surface area contributed by atoms with Gasteiger partial charge in [-0.05, 0) is 67.1 Å². The van der Waals surface area contributed by atoms with Gasteiger partial charge in [0, 0.05) is 11.3 Å². The molecule has 6 aliphatic rings. The minimum Gasteiger partial charge on any atom is -0.381 e. The molecule has 27 heavy (non-hydrogen) atoms. The molecule has 0 amide bonds. The van der Waals surface area contributed by atoms with E-state index in [2.05, 4.69) is 32.9 Å². The number of aliphatic hydroxyl groups is 1. The molecule has 0 spiro atoms. The van der Waals surface area contributed by atoms with Crippen LogP contribution in [-0.2, 0) is 4.79 Å². The molecule has 0 aromatic carbocycles. The molecule has 1 N–H and O–H groups in total. The van der Waals surface area contributed by atoms with Crippen LogP contribution in [0.5, 0.6) is 0 Å². The molecular formula is C25H38O2. The van der Waals surface area contributed by atoms with E-state index in [1.54, 1.807) is 0 Å². The highest BCUT2D eigenvalue weighted by atomic mass is 16.3. The van der Waals surface area contributed by atoms with Crippen molar-refractivity contribution >= 4 is 5.78 Å². The van der Waals surface area contributed by atoms with Gasteiger partial charge in [-0.15, -0.1) is 0 Å². The monoisotopic (exact) mass is 370 g/mol. The molecule has 0 heterocycles. The molecule has 0 saturated heterocycles. The van der Waals surface area contributed by atoms with Gasteiger partial charge in [0.05, 0.1) is 0 Å². The largest absolute Gasteiger partial charge is 0.381 e. The number of hydrogen-bond donors (Lipinski definition) is 1. The third kappa shape index (κ3) is 2.26. The number of carbonyl (C=O) groups is 1. The highest BCUT2D eigenvalue weighted by Crippen LogP contribution is 2.71. The summed E-state index contributed by atoms with van der Waals surface area (Å²) in [5.41, 5.74) is -1.27. The number of rotatable bonds is 3. The molecule has 7 atom stereocenters. The lowest BCUT2D eigenvalue weighted by Crippen LogP contribution is -2.59. The Kier molecular flexibility index (Phi) is 4.05. The average Bonchev–Trinajstić information content (AvgIpc) is 3.00. The van der Waals surface area contributed by atoms with Gasteiger partial charge in [0.2, 0.25) is 0 Å². The van der Waals surface area contributed by atoms with Gasteiger partial charge in [0.15, 0.2) is 5.78 Å². The standard InChI is InChI=1S/C25H38O2/c1-23(2)19-13-14-24(23,3)25(27,15-19)22(26)21-18-11-9-17(10-12-18)20(21)16-7-5-4-6-8-16/h9,11,16-21,27H,4-8,10,12-15H2,1-3H3/t17-,18+,19-,20+,21+,24-,25+/m1/s1. The zero-order valence-electron chi connectivity index (χ0n) is 17.5. The molecule has 4 saturated carbocycles. The van der Waals surface area contributed by atoms with Crippen molar-refractivity contribution in [3.8, 4) is 0 Å². The van der Waals surface area contributed by atoms with E-state index in [4.69, 9.17) is 0 Å². The summed E-state index contributed by atoms with van der Waals surface area (Å²) in [5, 5.41) is 12.0. The fraction of sp³-hybridized carbons (Fsp3) is 0.880. The average molecular weight is 371 g/mol. The quantitative estimate of drug-likeness (QED) is 0.662. The number of allylic oxidation sites excluding steroid dienone is 2. The Morgan fingerprint density at radius 2 is 1.59 bits per heavy atom. The van der Waals surface area contributed by atoms with E-state index in [1.807, 2.05) is 0 Å². The Morgan fingerprint density at radius 1 is 0.926 bits per heavy atom. The summed E-state index contributed by atoms with van der Waals surface area (Å²) in [6, 6.07) is 0. The van der Waals surface area contributed by atoms with Crippen LogP contribution in [0.25, 0.3) is 0 Å². The van der Waals surface area contributed by atoms with E-state index in [-0.39, 0.29) is 22.5 Å². The Labute approximate surface area is 165 Å². The molecule has 0 aromatic heterocycles. The minimum absolute atomic E-state index is 0.0707. The van der Waals surface area contributed by atoms with Crippen LogP contribution in [0.2, 0.25) is 0 Å². The zero-order valence-corrected chi connectivity index (χ0v) is 17.5. The van der Waals surface area contributed by atoms with Gasteiger partial charge < -0.3 is 5.11 Å². The van der Waals surface area contributed by atoms with Crippen LogP contribution in [0.15, 0.2) is 12.2 Å². The molecule has 2 nitrogen and oxygen atoms in total. The topological polar surface area (TPSA) is 37.3 Å². The summed E-state index contributed by atoms with van der Waals surface area (Å²) in [6.07, 6.45) is 16.7. The van der Waals surface area contributed by atoms with Crippen molar-refractivity contribution in [1.29, 1.82) is 0 Å². The van der Waals surface area contributed by atoms with Crippen molar-refractivity contribution in [2.24, 2.45) is 46.3 Å². The predicted octanol–water partition coefficient (Wildman–Crippen LogP) is 5.54.